The number of esters is 2. The second-order valence-electron chi connectivity index (χ2n) is 5.26. The number of hydrogen-bond acceptors (Lipinski definition) is 4. The topological polar surface area (TPSA) is 52.6 Å². The van der Waals surface area contributed by atoms with Gasteiger partial charge < -0.3 is 9.47 Å². The highest BCUT2D eigenvalue weighted by molar-refractivity contribution is 5.86. The monoisotopic (exact) mass is 268 g/mol. The van der Waals surface area contributed by atoms with Gasteiger partial charge in [0.2, 0.25) is 0 Å². The van der Waals surface area contributed by atoms with Crippen LogP contribution in [-0.4, -0.2) is 24.6 Å². The van der Waals surface area contributed by atoms with E-state index in [1.807, 2.05) is 6.92 Å². The van der Waals surface area contributed by atoms with E-state index < -0.39 is 0 Å². The average molecular weight is 268 g/mol. The number of carbonyl (C=O) groups excluding carboxylic acids is 2. The second-order valence-corrected chi connectivity index (χ2v) is 5.26. The molecule has 0 atom stereocenters. The summed E-state index contributed by atoms with van der Waals surface area (Å²) in [5.41, 5.74) is 0.433. The Labute approximate surface area is 115 Å². The van der Waals surface area contributed by atoms with Crippen LogP contribution < -0.4 is 0 Å². The molecule has 1 fully saturated rings. The first-order valence-electron chi connectivity index (χ1n) is 7.05. The smallest absolute Gasteiger partial charge is 0.333 e. The minimum absolute atomic E-state index is 0.0483. The third-order valence-corrected chi connectivity index (χ3v) is 3.34. The summed E-state index contributed by atoms with van der Waals surface area (Å²) in [6, 6.07) is 0. The van der Waals surface area contributed by atoms with Crippen molar-refractivity contribution in [1.29, 1.82) is 0 Å². The molecule has 4 heteroatoms. The molecule has 0 saturated heterocycles. The SMILES string of the molecule is C=C(C)C(=O)OCC1CCC(OC(=O)CCC)CC1. The second kappa shape index (κ2) is 7.97. The lowest BCUT2D eigenvalue weighted by Crippen LogP contribution is -2.27. The molecule has 0 bridgehead atoms. The number of hydrogen-bond donors (Lipinski definition) is 0. The summed E-state index contributed by atoms with van der Waals surface area (Å²) in [4.78, 5) is 22.7. The van der Waals surface area contributed by atoms with Crippen LogP contribution in [0, 0.1) is 5.92 Å². The minimum atomic E-state index is -0.323. The maximum Gasteiger partial charge on any atom is 0.333 e. The van der Waals surface area contributed by atoms with Crippen molar-refractivity contribution in [3.8, 4) is 0 Å². The molecule has 0 aliphatic heterocycles. The fourth-order valence-corrected chi connectivity index (χ4v) is 2.18. The highest BCUT2D eigenvalue weighted by Gasteiger charge is 2.24. The van der Waals surface area contributed by atoms with Crippen molar-refractivity contribution < 1.29 is 19.1 Å². The molecule has 108 valence electrons. The van der Waals surface area contributed by atoms with E-state index in [0.717, 1.165) is 32.1 Å². The number of ether oxygens (including phenoxy) is 2. The zero-order valence-electron chi connectivity index (χ0n) is 11.9. The third kappa shape index (κ3) is 5.90. The van der Waals surface area contributed by atoms with Gasteiger partial charge in [-0.15, -0.1) is 0 Å². The van der Waals surface area contributed by atoms with Gasteiger partial charge in [0.05, 0.1) is 6.61 Å². The summed E-state index contributed by atoms with van der Waals surface area (Å²) in [5.74, 6) is -0.0411. The molecule has 1 saturated carbocycles. The van der Waals surface area contributed by atoms with Crippen molar-refractivity contribution in [2.24, 2.45) is 5.92 Å². The molecule has 0 aromatic heterocycles. The molecule has 1 aliphatic carbocycles. The van der Waals surface area contributed by atoms with Crippen molar-refractivity contribution in [2.75, 3.05) is 6.61 Å². The molecular weight excluding hydrogens is 244 g/mol. The molecule has 1 aliphatic rings. The first-order valence-corrected chi connectivity index (χ1v) is 7.05. The van der Waals surface area contributed by atoms with Crippen LogP contribution in [-0.2, 0) is 19.1 Å². The summed E-state index contributed by atoms with van der Waals surface area (Å²) in [5, 5.41) is 0. The van der Waals surface area contributed by atoms with E-state index in [4.69, 9.17) is 9.47 Å². The molecule has 0 amide bonds. The van der Waals surface area contributed by atoms with Crippen molar-refractivity contribution in [2.45, 2.75) is 58.5 Å². The van der Waals surface area contributed by atoms with E-state index in [9.17, 15) is 9.59 Å². The molecule has 0 N–H and O–H groups in total. The molecule has 0 radical (unpaired) electrons. The fourth-order valence-electron chi connectivity index (χ4n) is 2.18. The maximum atomic E-state index is 11.4. The van der Waals surface area contributed by atoms with Gasteiger partial charge in [-0.05, 0) is 44.9 Å². The van der Waals surface area contributed by atoms with Gasteiger partial charge in [-0.25, -0.2) is 4.79 Å². The molecule has 19 heavy (non-hydrogen) atoms. The summed E-state index contributed by atoms with van der Waals surface area (Å²) in [6.07, 6.45) is 4.98. The number of rotatable bonds is 6. The predicted molar refractivity (Wildman–Crippen MR) is 72.5 cm³/mol. The van der Waals surface area contributed by atoms with Crippen LogP contribution in [0.1, 0.15) is 52.4 Å². The molecule has 0 aromatic carbocycles. The van der Waals surface area contributed by atoms with Crippen LogP contribution in [0.5, 0.6) is 0 Å². The zero-order valence-corrected chi connectivity index (χ0v) is 11.9. The Hall–Kier alpha value is -1.32. The average Bonchev–Trinajstić information content (AvgIpc) is 2.37. The van der Waals surface area contributed by atoms with Gasteiger partial charge in [0.1, 0.15) is 6.10 Å². The summed E-state index contributed by atoms with van der Waals surface area (Å²) < 4.78 is 10.5. The molecule has 0 unspecified atom stereocenters. The Bertz CT molecular complexity index is 327. The molecule has 4 nitrogen and oxygen atoms in total. The van der Waals surface area contributed by atoms with E-state index in [1.54, 1.807) is 6.92 Å². The van der Waals surface area contributed by atoms with E-state index in [1.165, 1.54) is 0 Å². The van der Waals surface area contributed by atoms with Crippen LogP contribution >= 0.6 is 0 Å². The Balaban J connectivity index is 2.20. The van der Waals surface area contributed by atoms with Gasteiger partial charge in [-0.3, -0.25) is 4.79 Å². The quantitative estimate of drug-likeness (QED) is 0.549. The summed E-state index contributed by atoms with van der Waals surface area (Å²) in [6.45, 7) is 7.61. The van der Waals surface area contributed by atoms with Crippen LogP contribution in [0.3, 0.4) is 0 Å². The molecule has 0 heterocycles. The fraction of sp³-hybridized carbons (Fsp3) is 0.733. The Kier molecular flexibility index (Phi) is 6.60. The van der Waals surface area contributed by atoms with Crippen LogP contribution in [0.25, 0.3) is 0 Å². The molecule has 0 aromatic rings. The van der Waals surface area contributed by atoms with E-state index in [2.05, 4.69) is 6.58 Å². The lowest BCUT2D eigenvalue weighted by molar-refractivity contribution is -0.151. The molecule has 0 spiro atoms. The lowest BCUT2D eigenvalue weighted by Gasteiger charge is -2.28. The van der Waals surface area contributed by atoms with E-state index >= 15 is 0 Å². The van der Waals surface area contributed by atoms with Crippen LogP contribution in [0.4, 0.5) is 0 Å². The molecular formula is C15H24O4. The van der Waals surface area contributed by atoms with Gasteiger partial charge in [0.15, 0.2) is 0 Å². The number of carbonyl (C=O) groups is 2. The highest BCUT2D eigenvalue weighted by atomic mass is 16.5. The van der Waals surface area contributed by atoms with Crippen molar-refractivity contribution >= 4 is 11.9 Å². The predicted octanol–water partition coefficient (Wildman–Crippen LogP) is 3.01. The van der Waals surface area contributed by atoms with E-state index in [-0.39, 0.29) is 18.0 Å². The summed E-state index contributed by atoms with van der Waals surface area (Å²) in [7, 11) is 0. The van der Waals surface area contributed by atoms with Gasteiger partial charge in [0, 0.05) is 12.0 Å². The van der Waals surface area contributed by atoms with Crippen LogP contribution in [0.15, 0.2) is 12.2 Å². The van der Waals surface area contributed by atoms with Gasteiger partial charge in [0.25, 0.3) is 0 Å². The standard InChI is InChI=1S/C15H24O4/c1-4-5-14(16)19-13-8-6-12(7-9-13)10-18-15(17)11(2)3/h12-13H,2,4-10H2,1,3H3. The Morgan fingerprint density at radius 1 is 1.21 bits per heavy atom. The van der Waals surface area contributed by atoms with Crippen molar-refractivity contribution in [3.05, 3.63) is 12.2 Å². The van der Waals surface area contributed by atoms with Gasteiger partial charge >= 0.3 is 11.9 Å². The largest absolute Gasteiger partial charge is 0.462 e. The molecule has 1 rings (SSSR count). The van der Waals surface area contributed by atoms with Gasteiger partial charge in [-0.2, -0.15) is 0 Å². The third-order valence-electron chi connectivity index (χ3n) is 3.34. The minimum Gasteiger partial charge on any atom is -0.462 e. The summed E-state index contributed by atoms with van der Waals surface area (Å²) >= 11 is 0. The first kappa shape index (κ1) is 15.7. The van der Waals surface area contributed by atoms with Gasteiger partial charge in [-0.1, -0.05) is 13.5 Å². The first-order chi connectivity index (χ1) is 9.02. The van der Waals surface area contributed by atoms with E-state index in [0.29, 0.717) is 24.5 Å². The zero-order chi connectivity index (χ0) is 14.3. The highest BCUT2D eigenvalue weighted by Crippen LogP contribution is 2.27. The Morgan fingerprint density at radius 2 is 1.84 bits per heavy atom. The Morgan fingerprint density at radius 3 is 2.37 bits per heavy atom. The van der Waals surface area contributed by atoms with Crippen molar-refractivity contribution in [3.63, 3.8) is 0 Å². The normalized spacial score (nSPS) is 22.6. The lowest BCUT2D eigenvalue weighted by atomic mass is 9.88. The van der Waals surface area contributed by atoms with Crippen LogP contribution in [0.2, 0.25) is 0 Å². The van der Waals surface area contributed by atoms with Crippen molar-refractivity contribution in [1.82, 2.24) is 0 Å². The maximum absolute atomic E-state index is 11.4.